The predicted molar refractivity (Wildman–Crippen MR) is 194 cm³/mol. The van der Waals surface area contributed by atoms with Crippen molar-refractivity contribution in [3.63, 3.8) is 0 Å². The first kappa shape index (κ1) is 36.9. The molecule has 48 heavy (non-hydrogen) atoms. The lowest BCUT2D eigenvalue weighted by molar-refractivity contribution is -0.121. The fourth-order valence-corrected chi connectivity index (χ4v) is 10.1. The van der Waals surface area contributed by atoms with Crippen LogP contribution in [0.15, 0.2) is 24.3 Å². The van der Waals surface area contributed by atoms with Crippen LogP contribution >= 0.6 is 0 Å². The van der Waals surface area contributed by atoms with E-state index in [2.05, 4.69) is 79.1 Å². The highest BCUT2D eigenvalue weighted by molar-refractivity contribution is 5.79. The minimum Gasteiger partial charge on any atom is -0.377 e. The van der Waals surface area contributed by atoms with E-state index < -0.39 is 11.2 Å². The van der Waals surface area contributed by atoms with Gasteiger partial charge in [-0.05, 0) is 123 Å². The van der Waals surface area contributed by atoms with Gasteiger partial charge in [0, 0.05) is 47.6 Å². The van der Waals surface area contributed by atoms with Crippen LogP contribution in [0.5, 0.6) is 0 Å². The number of Topliss-reactive ketones (excluding diaryl/α,β-unsaturated/α-hetero) is 2. The zero-order valence-electron chi connectivity index (χ0n) is 31.2. The van der Waals surface area contributed by atoms with Gasteiger partial charge >= 0.3 is 0 Å². The zero-order chi connectivity index (χ0) is 35.2. The van der Waals surface area contributed by atoms with Gasteiger partial charge in [0.1, 0.15) is 22.8 Å². The molecule has 0 amide bonds. The summed E-state index contributed by atoms with van der Waals surface area (Å²) in [4.78, 5) is 21.2. The Morgan fingerprint density at radius 1 is 0.562 bits per heavy atom. The Hall–Kier alpha value is -2.40. The number of benzene rings is 1. The highest BCUT2D eigenvalue weighted by atomic mass is 16.3. The normalized spacial score (nSPS) is 37.7. The largest absolute Gasteiger partial charge is 0.377 e. The lowest BCUT2D eigenvalue weighted by atomic mass is 9.64. The van der Waals surface area contributed by atoms with Crippen LogP contribution in [-0.4, -0.2) is 33.0 Å². The standard InChI is InChI=1S/C30H38O2.2C7H12O/c1-25(2)23-13-15-27(25,5)29(31,19-23)17-11-21-7-9-22(10-8-21)12-18-30(32)20-24-14-16-28(30,6)26(24,3)4;2*1-6-2-4-7(8)5-3-6/h7-10,23-24,31-32H,13-16,19-20H2,1-6H3;2*6H,2-5H2,1H3/t23-,24-,27-,28-,29-,30-;;/m1../s1. The van der Waals surface area contributed by atoms with Crippen LogP contribution in [0.25, 0.3) is 0 Å². The van der Waals surface area contributed by atoms with Crippen molar-refractivity contribution in [2.75, 3.05) is 0 Å². The van der Waals surface area contributed by atoms with Gasteiger partial charge in [-0.1, -0.05) is 79.1 Å². The van der Waals surface area contributed by atoms with E-state index in [9.17, 15) is 19.8 Å². The third-order valence-corrected chi connectivity index (χ3v) is 15.2. The van der Waals surface area contributed by atoms with Crippen molar-refractivity contribution in [1.29, 1.82) is 0 Å². The number of carbonyl (C=O) groups is 2. The summed E-state index contributed by atoms with van der Waals surface area (Å²) in [6, 6.07) is 7.93. The first-order valence-electron chi connectivity index (χ1n) is 19.0. The van der Waals surface area contributed by atoms with E-state index in [1.807, 2.05) is 24.3 Å². The number of rotatable bonds is 0. The Morgan fingerprint density at radius 3 is 1.10 bits per heavy atom. The van der Waals surface area contributed by atoms with Crippen LogP contribution in [0.3, 0.4) is 0 Å². The molecule has 0 aliphatic heterocycles. The summed E-state index contributed by atoms with van der Waals surface area (Å²) >= 11 is 0. The molecule has 7 rings (SSSR count). The van der Waals surface area contributed by atoms with Gasteiger partial charge in [0.05, 0.1) is 0 Å². The molecule has 4 bridgehead atoms. The number of hydrogen-bond acceptors (Lipinski definition) is 4. The van der Waals surface area contributed by atoms with Gasteiger partial charge in [0.25, 0.3) is 0 Å². The van der Waals surface area contributed by atoms with Crippen molar-refractivity contribution in [2.24, 2.45) is 45.3 Å². The second kappa shape index (κ2) is 13.4. The lowest BCUT2D eigenvalue weighted by Gasteiger charge is -2.42. The molecule has 6 atom stereocenters. The van der Waals surface area contributed by atoms with E-state index in [4.69, 9.17) is 0 Å². The van der Waals surface area contributed by atoms with E-state index in [0.29, 0.717) is 23.4 Å². The first-order chi connectivity index (χ1) is 22.4. The van der Waals surface area contributed by atoms with Crippen LogP contribution in [0.1, 0.15) is 156 Å². The summed E-state index contributed by atoms with van der Waals surface area (Å²) in [6.07, 6.45) is 13.9. The Balaban J connectivity index is 0.000000230. The smallest absolute Gasteiger partial charge is 0.132 e. The summed E-state index contributed by atoms with van der Waals surface area (Å²) in [7, 11) is 0. The molecule has 4 nitrogen and oxygen atoms in total. The third-order valence-electron chi connectivity index (χ3n) is 15.2. The highest BCUT2D eigenvalue weighted by Crippen LogP contribution is 2.70. The van der Waals surface area contributed by atoms with E-state index in [0.717, 1.165) is 100 Å². The van der Waals surface area contributed by atoms with Crippen LogP contribution in [0.4, 0.5) is 0 Å². The maximum absolute atomic E-state index is 11.4. The Bertz CT molecular complexity index is 1360. The number of fused-ring (bicyclic) bond motifs is 4. The van der Waals surface area contributed by atoms with Gasteiger partial charge < -0.3 is 10.2 Å². The summed E-state index contributed by atoms with van der Waals surface area (Å²) in [5.41, 5.74) is -0.0651. The monoisotopic (exact) mass is 654 g/mol. The molecule has 0 aromatic heterocycles. The summed E-state index contributed by atoms with van der Waals surface area (Å²) in [5, 5.41) is 22.8. The van der Waals surface area contributed by atoms with Gasteiger partial charge in [0.2, 0.25) is 0 Å². The molecule has 262 valence electrons. The molecule has 6 fully saturated rings. The van der Waals surface area contributed by atoms with Crippen molar-refractivity contribution < 1.29 is 19.8 Å². The van der Waals surface area contributed by atoms with Gasteiger partial charge in [-0.3, -0.25) is 9.59 Å². The topological polar surface area (TPSA) is 74.6 Å². The van der Waals surface area contributed by atoms with Crippen molar-refractivity contribution in [3.8, 4) is 23.7 Å². The van der Waals surface area contributed by atoms with Gasteiger partial charge in [-0.25, -0.2) is 0 Å². The van der Waals surface area contributed by atoms with Crippen molar-refractivity contribution in [2.45, 2.75) is 156 Å². The van der Waals surface area contributed by atoms with Crippen molar-refractivity contribution in [1.82, 2.24) is 0 Å². The lowest BCUT2D eigenvalue weighted by Crippen LogP contribution is -2.46. The van der Waals surface area contributed by atoms with Gasteiger partial charge in [-0.15, -0.1) is 0 Å². The molecule has 2 N–H and O–H groups in total. The Morgan fingerprint density at radius 2 is 0.875 bits per heavy atom. The van der Waals surface area contributed by atoms with Crippen LogP contribution < -0.4 is 0 Å². The summed E-state index contributed by atoms with van der Waals surface area (Å²) < 4.78 is 0. The zero-order valence-corrected chi connectivity index (χ0v) is 31.2. The fourth-order valence-electron chi connectivity index (χ4n) is 10.1. The van der Waals surface area contributed by atoms with E-state index in [1.54, 1.807) is 0 Å². The van der Waals surface area contributed by atoms with Crippen LogP contribution in [-0.2, 0) is 9.59 Å². The van der Waals surface area contributed by atoms with Crippen LogP contribution in [0.2, 0.25) is 0 Å². The van der Waals surface area contributed by atoms with E-state index >= 15 is 0 Å². The molecule has 0 radical (unpaired) electrons. The number of aliphatic hydroxyl groups is 2. The second-order valence-electron chi connectivity index (χ2n) is 18.2. The summed E-state index contributed by atoms with van der Waals surface area (Å²) in [6.45, 7) is 18.0. The quantitative estimate of drug-likeness (QED) is 0.274. The Labute approximate surface area is 291 Å². The third kappa shape index (κ3) is 6.59. The fraction of sp³-hybridized carbons (Fsp3) is 0.727. The number of hydrogen-bond donors (Lipinski definition) is 2. The van der Waals surface area contributed by atoms with E-state index in [-0.39, 0.29) is 21.7 Å². The maximum Gasteiger partial charge on any atom is 0.132 e. The van der Waals surface area contributed by atoms with Gasteiger partial charge in [0.15, 0.2) is 0 Å². The molecule has 6 aliphatic rings. The minimum atomic E-state index is -0.912. The first-order valence-corrected chi connectivity index (χ1v) is 19.0. The molecule has 0 saturated heterocycles. The molecule has 6 saturated carbocycles. The van der Waals surface area contributed by atoms with Gasteiger partial charge in [-0.2, -0.15) is 0 Å². The molecular weight excluding hydrogens is 592 g/mol. The SMILES string of the molecule is CC1(C)[C@@H]2CC[C@@]1(C)[C@@](O)(C#Cc1ccc(C#C[C@@]3(O)C[C@H]4CC[C@]3(C)C4(C)C)cc1)C2.CC1CCC(=O)CC1.CC1CCC(=O)CC1. The van der Waals surface area contributed by atoms with Crippen LogP contribution in [0, 0.1) is 69.0 Å². The number of ketones is 2. The molecule has 0 heterocycles. The molecular formula is C44H62O4. The second-order valence-corrected chi connectivity index (χ2v) is 18.2. The maximum atomic E-state index is 11.4. The van der Waals surface area contributed by atoms with Crippen molar-refractivity contribution >= 4 is 11.6 Å². The van der Waals surface area contributed by atoms with E-state index in [1.165, 1.54) is 12.8 Å². The highest BCUT2D eigenvalue weighted by Gasteiger charge is 2.69. The molecule has 1 aromatic carbocycles. The Kier molecular flexibility index (Phi) is 10.3. The average molecular weight is 655 g/mol. The number of carbonyl (C=O) groups excluding carboxylic acids is 2. The molecule has 4 heteroatoms. The van der Waals surface area contributed by atoms with Crippen molar-refractivity contribution in [3.05, 3.63) is 35.4 Å². The molecule has 0 unspecified atom stereocenters. The molecule has 1 aromatic rings. The minimum absolute atomic E-state index is 0.126. The summed E-state index contributed by atoms with van der Waals surface area (Å²) in [5.74, 6) is 16.6. The predicted octanol–water partition coefficient (Wildman–Crippen LogP) is 9.08. The molecule has 0 spiro atoms. The molecule has 6 aliphatic carbocycles. The average Bonchev–Trinajstić information content (AvgIpc) is 3.53.